The van der Waals surface area contributed by atoms with Gasteiger partial charge < -0.3 is 15.5 Å². The van der Waals surface area contributed by atoms with Crippen LogP contribution in [0.4, 0.5) is 0 Å². The van der Waals surface area contributed by atoms with Gasteiger partial charge in [-0.2, -0.15) is 0 Å². The molecule has 0 aliphatic rings. The topological polar surface area (TPSA) is 81.0 Å². The summed E-state index contributed by atoms with van der Waals surface area (Å²) in [5, 5.41) is 0. The van der Waals surface area contributed by atoms with Gasteiger partial charge in [-0.25, -0.2) is 4.98 Å². The minimum Gasteiger partial charge on any atom is -0.465 e. The minimum atomic E-state index is -0.674. The third-order valence-corrected chi connectivity index (χ3v) is 2.69. The molecule has 2 rings (SSSR count). The Bertz CT molecular complexity index is 562. The first kappa shape index (κ1) is 12.6. The number of carbonyl (C=O) groups is 1. The fraction of sp³-hybridized carbons (Fsp3) is 0.385. The highest BCUT2D eigenvalue weighted by Crippen LogP contribution is 2.14. The Kier molecular flexibility index (Phi) is 3.62. The van der Waals surface area contributed by atoms with Crippen LogP contribution in [0.2, 0.25) is 0 Å². The second-order valence-corrected chi connectivity index (χ2v) is 4.27. The largest absolute Gasteiger partial charge is 0.465 e. The van der Waals surface area contributed by atoms with E-state index in [2.05, 4.69) is 9.97 Å². The molecule has 1 atom stereocenters. The molecule has 0 saturated heterocycles. The quantitative estimate of drug-likeness (QED) is 0.798. The summed E-state index contributed by atoms with van der Waals surface area (Å²) in [6.45, 7) is 4.12. The number of ether oxygens (including phenoxy) is 1. The van der Waals surface area contributed by atoms with E-state index in [1.807, 2.05) is 25.1 Å². The Morgan fingerprint density at radius 3 is 3.06 bits per heavy atom. The van der Waals surface area contributed by atoms with Gasteiger partial charge in [0.05, 0.1) is 17.6 Å². The molecule has 1 aromatic carbocycles. The Labute approximate surface area is 105 Å². The van der Waals surface area contributed by atoms with E-state index >= 15 is 0 Å². The molecular formula is C13H17N3O2. The van der Waals surface area contributed by atoms with E-state index < -0.39 is 12.0 Å². The summed E-state index contributed by atoms with van der Waals surface area (Å²) in [6.07, 6.45) is 0.354. The number of hydrogen-bond acceptors (Lipinski definition) is 4. The van der Waals surface area contributed by atoms with Crippen LogP contribution in [-0.2, 0) is 16.0 Å². The lowest BCUT2D eigenvalue weighted by Gasteiger charge is -2.08. The summed E-state index contributed by atoms with van der Waals surface area (Å²) < 4.78 is 4.86. The molecule has 1 heterocycles. The minimum absolute atomic E-state index is 0.339. The number of esters is 1. The molecular weight excluding hydrogens is 230 g/mol. The number of imidazole rings is 1. The van der Waals surface area contributed by atoms with Gasteiger partial charge in [-0.1, -0.05) is 6.07 Å². The molecule has 0 aliphatic heterocycles. The van der Waals surface area contributed by atoms with E-state index in [1.54, 1.807) is 6.92 Å². The van der Waals surface area contributed by atoms with E-state index in [0.717, 1.165) is 16.6 Å². The van der Waals surface area contributed by atoms with E-state index in [1.165, 1.54) is 0 Å². The van der Waals surface area contributed by atoms with Crippen LogP contribution in [0, 0.1) is 6.92 Å². The summed E-state index contributed by atoms with van der Waals surface area (Å²) in [5.41, 5.74) is 8.75. The van der Waals surface area contributed by atoms with Gasteiger partial charge in [0.15, 0.2) is 0 Å². The molecule has 0 radical (unpaired) electrons. The maximum Gasteiger partial charge on any atom is 0.323 e. The summed E-state index contributed by atoms with van der Waals surface area (Å²) in [4.78, 5) is 19.0. The van der Waals surface area contributed by atoms with Crippen LogP contribution in [0.25, 0.3) is 11.0 Å². The molecule has 0 fully saturated rings. The van der Waals surface area contributed by atoms with Crippen molar-refractivity contribution >= 4 is 17.0 Å². The monoisotopic (exact) mass is 247 g/mol. The maximum atomic E-state index is 11.4. The second kappa shape index (κ2) is 5.18. The Morgan fingerprint density at radius 1 is 1.56 bits per heavy atom. The van der Waals surface area contributed by atoms with E-state index in [-0.39, 0.29) is 0 Å². The second-order valence-electron chi connectivity index (χ2n) is 4.27. The van der Waals surface area contributed by atoms with Crippen molar-refractivity contribution in [3.63, 3.8) is 0 Å². The zero-order chi connectivity index (χ0) is 13.1. The molecule has 5 nitrogen and oxygen atoms in total. The molecule has 3 N–H and O–H groups in total. The van der Waals surface area contributed by atoms with Crippen molar-refractivity contribution in [1.82, 2.24) is 9.97 Å². The van der Waals surface area contributed by atoms with Crippen molar-refractivity contribution in [2.24, 2.45) is 5.73 Å². The SMILES string of the molecule is CCOC(=O)C(N)Cc1nc2ccc(C)cc2[nH]1. The molecule has 96 valence electrons. The number of rotatable bonds is 4. The van der Waals surface area contributed by atoms with Gasteiger partial charge in [-0.3, -0.25) is 4.79 Å². The van der Waals surface area contributed by atoms with Crippen molar-refractivity contribution in [3.05, 3.63) is 29.6 Å². The van der Waals surface area contributed by atoms with Crippen LogP contribution in [0.1, 0.15) is 18.3 Å². The number of aryl methyl sites for hydroxylation is 1. The Balaban J connectivity index is 2.14. The van der Waals surface area contributed by atoms with Crippen molar-refractivity contribution in [2.45, 2.75) is 26.3 Å². The smallest absolute Gasteiger partial charge is 0.323 e. The average molecular weight is 247 g/mol. The molecule has 0 amide bonds. The summed E-state index contributed by atoms with van der Waals surface area (Å²) in [7, 11) is 0. The first-order chi connectivity index (χ1) is 8.60. The number of hydrogen-bond donors (Lipinski definition) is 2. The third-order valence-electron chi connectivity index (χ3n) is 2.69. The summed E-state index contributed by atoms with van der Waals surface area (Å²) >= 11 is 0. The molecule has 0 aliphatic carbocycles. The van der Waals surface area contributed by atoms with E-state index in [9.17, 15) is 4.79 Å². The van der Waals surface area contributed by atoms with Crippen molar-refractivity contribution in [1.29, 1.82) is 0 Å². The molecule has 0 saturated carbocycles. The molecule has 5 heteroatoms. The van der Waals surface area contributed by atoms with E-state index in [4.69, 9.17) is 10.5 Å². The molecule has 2 aromatic rings. The zero-order valence-corrected chi connectivity index (χ0v) is 10.6. The van der Waals surface area contributed by atoms with Crippen molar-refractivity contribution < 1.29 is 9.53 Å². The fourth-order valence-electron chi connectivity index (χ4n) is 1.81. The highest BCUT2D eigenvalue weighted by molar-refractivity contribution is 5.77. The average Bonchev–Trinajstić information content (AvgIpc) is 2.70. The first-order valence-corrected chi connectivity index (χ1v) is 5.97. The van der Waals surface area contributed by atoms with E-state index in [0.29, 0.717) is 18.9 Å². The predicted octanol–water partition coefficient (Wildman–Crippen LogP) is 1.30. The highest BCUT2D eigenvalue weighted by atomic mass is 16.5. The van der Waals surface area contributed by atoms with Gasteiger partial charge in [-0.05, 0) is 31.5 Å². The zero-order valence-electron chi connectivity index (χ0n) is 10.6. The normalized spacial score (nSPS) is 12.6. The van der Waals surface area contributed by atoms with Gasteiger partial charge in [0.25, 0.3) is 0 Å². The lowest BCUT2D eigenvalue weighted by atomic mass is 10.2. The lowest BCUT2D eigenvalue weighted by Crippen LogP contribution is -2.34. The number of nitrogens with zero attached hydrogens (tertiary/aromatic N) is 1. The van der Waals surface area contributed by atoms with Crippen molar-refractivity contribution in [3.8, 4) is 0 Å². The summed E-state index contributed by atoms with van der Waals surface area (Å²) in [6, 6.07) is 5.28. The molecule has 18 heavy (non-hydrogen) atoms. The fourth-order valence-corrected chi connectivity index (χ4v) is 1.81. The predicted molar refractivity (Wildman–Crippen MR) is 69.1 cm³/mol. The molecule has 1 unspecified atom stereocenters. The Hall–Kier alpha value is -1.88. The molecule has 1 aromatic heterocycles. The van der Waals surface area contributed by atoms with Gasteiger partial charge in [0, 0.05) is 6.42 Å². The number of fused-ring (bicyclic) bond motifs is 1. The molecule has 0 bridgehead atoms. The van der Waals surface area contributed by atoms with Crippen LogP contribution in [0.15, 0.2) is 18.2 Å². The Morgan fingerprint density at radius 2 is 2.33 bits per heavy atom. The maximum absolute atomic E-state index is 11.4. The standard InChI is InChI=1S/C13H17N3O2/c1-3-18-13(17)9(14)7-12-15-10-5-4-8(2)6-11(10)16-12/h4-6,9H,3,7,14H2,1-2H3,(H,15,16). The van der Waals surface area contributed by atoms with Crippen LogP contribution < -0.4 is 5.73 Å². The number of aromatic nitrogens is 2. The van der Waals surface area contributed by atoms with Crippen LogP contribution in [0.5, 0.6) is 0 Å². The van der Waals surface area contributed by atoms with Crippen LogP contribution >= 0.6 is 0 Å². The van der Waals surface area contributed by atoms with Crippen LogP contribution in [-0.4, -0.2) is 28.6 Å². The van der Waals surface area contributed by atoms with Gasteiger partial charge in [-0.15, -0.1) is 0 Å². The van der Waals surface area contributed by atoms with Crippen molar-refractivity contribution in [2.75, 3.05) is 6.61 Å². The number of aromatic amines is 1. The molecule has 0 spiro atoms. The third kappa shape index (κ3) is 2.68. The summed E-state index contributed by atoms with van der Waals surface area (Å²) in [5.74, 6) is 0.310. The van der Waals surface area contributed by atoms with Crippen LogP contribution in [0.3, 0.4) is 0 Å². The number of nitrogens with two attached hydrogens (primary N) is 1. The van der Waals surface area contributed by atoms with Gasteiger partial charge in [0.1, 0.15) is 11.9 Å². The number of carbonyl (C=O) groups excluding carboxylic acids is 1. The van der Waals surface area contributed by atoms with Gasteiger partial charge >= 0.3 is 5.97 Å². The first-order valence-electron chi connectivity index (χ1n) is 5.97. The lowest BCUT2D eigenvalue weighted by molar-refractivity contribution is -0.144. The number of H-pyrrole nitrogens is 1. The van der Waals surface area contributed by atoms with Gasteiger partial charge in [0.2, 0.25) is 0 Å². The highest BCUT2D eigenvalue weighted by Gasteiger charge is 2.17. The number of benzene rings is 1. The number of nitrogens with one attached hydrogen (secondary N) is 1.